The summed E-state index contributed by atoms with van der Waals surface area (Å²) in [4.78, 5) is 2.49. The summed E-state index contributed by atoms with van der Waals surface area (Å²) in [6.07, 6.45) is 3.19. The highest BCUT2D eigenvalue weighted by Gasteiger charge is 2.24. The van der Waals surface area contributed by atoms with Gasteiger partial charge in [0.05, 0.1) is 5.69 Å². The highest BCUT2D eigenvalue weighted by molar-refractivity contribution is 4.95. The van der Waals surface area contributed by atoms with Crippen molar-refractivity contribution in [3.63, 3.8) is 0 Å². The molecule has 1 saturated heterocycles. The molecule has 0 bridgehead atoms. The third-order valence-electron chi connectivity index (χ3n) is 2.80. The summed E-state index contributed by atoms with van der Waals surface area (Å²) in [6.45, 7) is 6.51. The summed E-state index contributed by atoms with van der Waals surface area (Å²) in [5.74, 6) is 0. The molecule has 0 unspecified atom stereocenters. The normalized spacial score (nSPS) is 17.0. The molecule has 0 spiro atoms. The smallest absolute Gasteiger partial charge is 0.0967 e. The molecule has 2 heterocycles. The first-order valence-corrected chi connectivity index (χ1v) is 5.59. The lowest BCUT2D eigenvalue weighted by Gasteiger charge is -2.37. The predicted molar refractivity (Wildman–Crippen MR) is 58.4 cm³/mol. The number of rotatable bonds is 5. The molecule has 84 valence electrons. The molecule has 5 heteroatoms. The molecular weight excluding hydrogens is 190 g/mol. The van der Waals surface area contributed by atoms with E-state index < -0.39 is 0 Å². The van der Waals surface area contributed by atoms with Crippen LogP contribution in [-0.2, 0) is 13.6 Å². The molecule has 0 amide bonds. The Balaban J connectivity index is 1.93. The SMILES string of the molecule is CCCN(Cc1cn(C)nn1)C1CNC1. The maximum atomic E-state index is 4.13. The molecule has 1 aromatic heterocycles. The molecule has 1 aliphatic heterocycles. The van der Waals surface area contributed by atoms with E-state index in [1.54, 1.807) is 4.68 Å². The summed E-state index contributed by atoms with van der Waals surface area (Å²) in [6, 6.07) is 0.687. The van der Waals surface area contributed by atoms with E-state index >= 15 is 0 Å². The van der Waals surface area contributed by atoms with Gasteiger partial charge >= 0.3 is 0 Å². The summed E-state index contributed by atoms with van der Waals surface area (Å²) >= 11 is 0. The quantitative estimate of drug-likeness (QED) is 0.741. The minimum atomic E-state index is 0.687. The molecule has 1 N–H and O–H groups in total. The topological polar surface area (TPSA) is 46.0 Å². The minimum Gasteiger partial charge on any atom is -0.314 e. The standard InChI is InChI=1S/C10H19N5/c1-3-4-15(10-5-11-6-10)8-9-7-14(2)13-12-9/h7,10-11H,3-6,8H2,1-2H3. The van der Waals surface area contributed by atoms with Crippen LogP contribution >= 0.6 is 0 Å². The molecule has 1 aromatic rings. The van der Waals surface area contributed by atoms with Gasteiger partial charge in [-0.3, -0.25) is 9.58 Å². The Kier molecular flexibility index (Phi) is 3.33. The Hall–Kier alpha value is -0.940. The van der Waals surface area contributed by atoms with Gasteiger partial charge in [0.15, 0.2) is 0 Å². The average Bonchev–Trinajstić information content (AvgIpc) is 2.48. The van der Waals surface area contributed by atoms with E-state index in [1.807, 2.05) is 13.2 Å². The van der Waals surface area contributed by atoms with Gasteiger partial charge in [-0.15, -0.1) is 5.10 Å². The van der Waals surface area contributed by atoms with Gasteiger partial charge in [-0.25, -0.2) is 0 Å². The number of hydrogen-bond acceptors (Lipinski definition) is 4. The van der Waals surface area contributed by atoms with E-state index in [0.29, 0.717) is 6.04 Å². The van der Waals surface area contributed by atoms with Gasteiger partial charge in [-0.2, -0.15) is 0 Å². The Labute approximate surface area is 90.5 Å². The first-order valence-electron chi connectivity index (χ1n) is 5.59. The molecule has 0 aromatic carbocycles. The van der Waals surface area contributed by atoms with Crippen LogP contribution in [0.5, 0.6) is 0 Å². The zero-order valence-electron chi connectivity index (χ0n) is 9.48. The lowest BCUT2D eigenvalue weighted by molar-refractivity contribution is 0.136. The maximum Gasteiger partial charge on any atom is 0.0967 e. The maximum absolute atomic E-state index is 4.13. The van der Waals surface area contributed by atoms with E-state index in [2.05, 4.69) is 27.5 Å². The van der Waals surface area contributed by atoms with E-state index in [-0.39, 0.29) is 0 Å². The number of aryl methyl sites for hydroxylation is 1. The zero-order chi connectivity index (χ0) is 10.7. The second-order valence-corrected chi connectivity index (χ2v) is 4.17. The van der Waals surface area contributed by atoms with Crippen molar-refractivity contribution in [2.24, 2.45) is 7.05 Å². The summed E-state index contributed by atoms with van der Waals surface area (Å²) in [5, 5.41) is 11.4. The highest BCUT2D eigenvalue weighted by atomic mass is 15.4. The van der Waals surface area contributed by atoms with Gasteiger partial charge < -0.3 is 5.32 Å². The van der Waals surface area contributed by atoms with Gasteiger partial charge in [0.25, 0.3) is 0 Å². The first kappa shape index (κ1) is 10.6. The Bertz CT molecular complexity index is 305. The van der Waals surface area contributed by atoms with Gasteiger partial charge in [-0.05, 0) is 13.0 Å². The number of nitrogens with one attached hydrogen (secondary N) is 1. The van der Waals surface area contributed by atoms with Gasteiger partial charge in [-0.1, -0.05) is 12.1 Å². The first-order chi connectivity index (χ1) is 7.29. The summed E-state index contributed by atoms with van der Waals surface area (Å²) in [5.41, 5.74) is 1.07. The molecule has 1 aliphatic rings. The largest absolute Gasteiger partial charge is 0.314 e. The van der Waals surface area contributed by atoms with Gasteiger partial charge in [0, 0.05) is 38.9 Å². The Morgan fingerprint density at radius 1 is 1.60 bits per heavy atom. The second kappa shape index (κ2) is 4.72. The molecule has 15 heavy (non-hydrogen) atoms. The predicted octanol–water partition coefficient (Wildman–Crippen LogP) is -0.00110. The third kappa shape index (κ3) is 2.54. The van der Waals surface area contributed by atoms with E-state index in [9.17, 15) is 0 Å². The van der Waals surface area contributed by atoms with Crippen LogP contribution in [0.15, 0.2) is 6.20 Å². The van der Waals surface area contributed by atoms with Crippen molar-refractivity contribution in [2.75, 3.05) is 19.6 Å². The lowest BCUT2D eigenvalue weighted by atomic mass is 10.1. The fourth-order valence-electron chi connectivity index (χ4n) is 1.89. The Morgan fingerprint density at radius 2 is 2.40 bits per heavy atom. The molecule has 0 aliphatic carbocycles. The molecule has 0 radical (unpaired) electrons. The molecule has 0 atom stereocenters. The minimum absolute atomic E-state index is 0.687. The van der Waals surface area contributed by atoms with Crippen LogP contribution in [-0.4, -0.2) is 45.6 Å². The van der Waals surface area contributed by atoms with E-state index in [1.165, 1.54) is 6.42 Å². The van der Waals surface area contributed by atoms with Crippen LogP contribution < -0.4 is 5.32 Å². The zero-order valence-corrected chi connectivity index (χ0v) is 9.48. The van der Waals surface area contributed by atoms with Crippen molar-refractivity contribution in [1.29, 1.82) is 0 Å². The molecule has 2 rings (SSSR count). The highest BCUT2D eigenvalue weighted by Crippen LogP contribution is 2.09. The van der Waals surface area contributed by atoms with Crippen molar-refractivity contribution < 1.29 is 0 Å². The van der Waals surface area contributed by atoms with Crippen molar-refractivity contribution in [3.8, 4) is 0 Å². The number of hydrogen-bond donors (Lipinski definition) is 1. The summed E-state index contributed by atoms with van der Waals surface area (Å²) in [7, 11) is 1.91. The van der Waals surface area contributed by atoms with Crippen LogP contribution in [0.2, 0.25) is 0 Å². The van der Waals surface area contributed by atoms with Crippen LogP contribution in [0.25, 0.3) is 0 Å². The van der Waals surface area contributed by atoms with Crippen LogP contribution in [0.4, 0.5) is 0 Å². The van der Waals surface area contributed by atoms with E-state index in [4.69, 9.17) is 0 Å². The average molecular weight is 209 g/mol. The summed E-state index contributed by atoms with van der Waals surface area (Å²) < 4.78 is 1.76. The van der Waals surface area contributed by atoms with Gasteiger partial charge in [0.2, 0.25) is 0 Å². The molecule has 5 nitrogen and oxygen atoms in total. The van der Waals surface area contributed by atoms with Crippen LogP contribution in [0.1, 0.15) is 19.0 Å². The van der Waals surface area contributed by atoms with Crippen molar-refractivity contribution in [1.82, 2.24) is 25.2 Å². The Morgan fingerprint density at radius 3 is 2.87 bits per heavy atom. The number of nitrogens with zero attached hydrogens (tertiary/aromatic N) is 4. The van der Waals surface area contributed by atoms with E-state index in [0.717, 1.165) is 31.9 Å². The van der Waals surface area contributed by atoms with Crippen molar-refractivity contribution in [2.45, 2.75) is 25.9 Å². The van der Waals surface area contributed by atoms with Crippen molar-refractivity contribution in [3.05, 3.63) is 11.9 Å². The molecule has 0 saturated carbocycles. The fraction of sp³-hybridized carbons (Fsp3) is 0.800. The van der Waals surface area contributed by atoms with Gasteiger partial charge in [0.1, 0.15) is 0 Å². The third-order valence-corrected chi connectivity index (χ3v) is 2.80. The van der Waals surface area contributed by atoms with Crippen LogP contribution in [0.3, 0.4) is 0 Å². The molecular formula is C10H19N5. The monoisotopic (exact) mass is 209 g/mol. The van der Waals surface area contributed by atoms with Crippen molar-refractivity contribution >= 4 is 0 Å². The second-order valence-electron chi connectivity index (χ2n) is 4.17. The fourth-order valence-corrected chi connectivity index (χ4v) is 1.89. The lowest BCUT2D eigenvalue weighted by Crippen LogP contribution is -2.57. The number of aromatic nitrogens is 3. The van der Waals surface area contributed by atoms with Crippen LogP contribution in [0, 0.1) is 0 Å². The molecule has 1 fully saturated rings.